The highest BCUT2D eigenvalue weighted by Crippen LogP contribution is 2.34. The van der Waals surface area contributed by atoms with Crippen LogP contribution in [0.15, 0.2) is 26.0 Å². The molecule has 1 aromatic carbocycles. The van der Waals surface area contributed by atoms with E-state index in [-0.39, 0.29) is 23.9 Å². The van der Waals surface area contributed by atoms with Crippen molar-refractivity contribution in [1.82, 2.24) is 9.62 Å². The molecule has 104 valence electrons. The summed E-state index contributed by atoms with van der Waals surface area (Å²) in [7, 11) is -3.75. The van der Waals surface area contributed by atoms with Gasteiger partial charge in [-0.15, -0.1) is 0 Å². The predicted molar refractivity (Wildman–Crippen MR) is 78.0 cm³/mol. The molecule has 9 heteroatoms. The zero-order chi connectivity index (χ0) is 14.2. The van der Waals surface area contributed by atoms with E-state index in [0.717, 1.165) is 4.31 Å². The molecule has 3 N–H and O–H groups in total. The number of amides is 1. The molecule has 0 spiro atoms. The first-order valence-electron chi connectivity index (χ1n) is 5.34. The Labute approximate surface area is 127 Å². The Morgan fingerprint density at radius 2 is 1.84 bits per heavy atom. The molecule has 0 bridgehead atoms. The number of halogens is 2. The maximum Gasteiger partial charge on any atom is 0.245 e. The fraction of sp³-hybridized carbons (Fsp3) is 0.300. The van der Waals surface area contributed by atoms with E-state index in [1.54, 1.807) is 0 Å². The number of nitrogen functional groups attached to an aromatic ring is 1. The van der Waals surface area contributed by atoms with Gasteiger partial charge in [-0.2, -0.15) is 4.31 Å². The molecule has 1 fully saturated rings. The number of nitrogens with zero attached hydrogens (tertiary/aromatic N) is 1. The molecule has 0 atom stereocenters. The molecular formula is C10H11Br2N3O3S. The number of rotatable bonds is 2. The Balaban J connectivity index is 2.48. The monoisotopic (exact) mass is 411 g/mol. The van der Waals surface area contributed by atoms with Crippen molar-refractivity contribution in [1.29, 1.82) is 0 Å². The van der Waals surface area contributed by atoms with Crippen molar-refractivity contribution < 1.29 is 13.2 Å². The van der Waals surface area contributed by atoms with E-state index in [4.69, 9.17) is 5.73 Å². The Kier molecular flexibility index (Phi) is 4.19. The predicted octanol–water partition coefficient (Wildman–Crippen LogP) is 0.914. The van der Waals surface area contributed by atoms with E-state index < -0.39 is 10.0 Å². The smallest absolute Gasteiger partial charge is 0.245 e. The second-order valence-electron chi connectivity index (χ2n) is 4.00. The fourth-order valence-electron chi connectivity index (χ4n) is 1.78. The van der Waals surface area contributed by atoms with Gasteiger partial charge in [-0.05, 0) is 44.0 Å². The second-order valence-corrected chi connectivity index (χ2v) is 7.59. The molecule has 0 radical (unpaired) electrons. The van der Waals surface area contributed by atoms with Gasteiger partial charge in [0.25, 0.3) is 0 Å². The minimum absolute atomic E-state index is 0.0800. The Morgan fingerprint density at radius 3 is 2.37 bits per heavy atom. The van der Waals surface area contributed by atoms with Gasteiger partial charge < -0.3 is 11.1 Å². The third-order valence-corrected chi connectivity index (χ3v) is 6.34. The zero-order valence-corrected chi connectivity index (χ0v) is 13.7. The van der Waals surface area contributed by atoms with E-state index >= 15 is 0 Å². The van der Waals surface area contributed by atoms with Crippen LogP contribution in [0.4, 0.5) is 5.69 Å². The summed E-state index contributed by atoms with van der Waals surface area (Å²) in [5, 5.41) is 2.59. The van der Waals surface area contributed by atoms with E-state index in [2.05, 4.69) is 37.2 Å². The second kappa shape index (κ2) is 5.39. The number of piperazine rings is 1. The number of hydrogen-bond donors (Lipinski definition) is 2. The van der Waals surface area contributed by atoms with Crippen molar-refractivity contribution in [2.24, 2.45) is 0 Å². The van der Waals surface area contributed by atoms with Crippen LogP contribution in [0.5, 0.6) is 0 Å². The number of carbonyl (C=O) groups is 1. The number of nitrogens with one attached hydrogen (secondary N) is 1. The Bertz CT molecular complexity index is 610. The van der Waals surface area contributed by atoms with Crippen LogP contribution in [0.2, 0.25) is 0 Å². The molecule has 1 amide bonds. The number of sulfonamides is 1. The van der Waals surface area contributed by atoms with Crippen LogP contribution in [-0.2, 0) is 14.8 Å². The zero-order valence-electron chi connectivity index (χ0n) is 9.69. The Morgan fingerprint density at radius 1 is 1.26 bits per heavy atom. The van der Waals surface area contributed by atoms with Crippen molar-refractivity contribution in [3.8, 4) is 0 Å². The minimum Gasteiger partial charge on any atom is -0.399 e. The molecule has 0 unspecified atom stereocenters. The van der Waals surface area contributed by atoms with Gasteiger partial charge in [0.05, 0.1) is 6.54 Å². The van der Waals surface area contributed by atoms with Gasteiger partial charge in [-0.1, -0.05) is 0 Å². The standard InChI is InChI=1S/C10H11Br2N3O3S/c11-7-3-6(13)4-8(12)10(7)19(17,18)15-2-1-14-9(16)5-15/h3-4H,1-2,5,13H2,(H,14,16). The van der Waals surface area contributed by atoms with Gasteiger partial charge in [-0.3, -0.25) is 4.79 Å². The maximum absolute atomic E-state index is 12.5. The molecule has 19 heavy (non-hydrogen) atoms. The summed E-state index contributed by atoms with van der Waals surface area (Å²) in [6.45, 7) is 0.380. The highest BCUT2D eigenvalue weighted by molar-refractivity contribution is 9.11. The Hall–Kier alpha value is -0.640. The first-order valence-corrected chi connectivity index (χ1v) is 8.36. The highest BCUT2D eigenvalue weighted by Gasteiger charge is 2.32. The first-order chi connectivity index (χ1) is 8.82. The minimum atomic E-state index is -3.75. The SMILES string of the molecule is Nc1cc(Br)c(S(=O)(=O)N2CCNC(=O)C2)c(Br)c1. The van der Waals surface area contributed by atoms with Gasteiger partial charge in [0.2, 0.25) is 15.9 Å². The summed E-state index contributed by atoms with van der Waals surface area (Å²) < 4.78 is 26.9. The van der Waals surface area contributed by atoms with Crippen LogP contribution in [0.3, 0.4) is 0 Å². The topological polar surface area (TPSA) is 92.5 Å². The lowest BCUT2D eigenvalue weighted by Crippen LogP contribution is -2.49. The van der Waals surface area contributed by atoms with Crippen LogP contribution in [-0.4, -0.2) is 38.3 Å². The maximum atomic E-state index is 12.5. The fourth-order valence-corrected chi connectivity index (χ4v) is 5.71. The molecular weight excluding hydrogens is 402 g/mol. The first kappa shape index (κ1) is 14.8. The van der Waals surface area contributed by atoms with Crippen molar-refractivity contribution >= 4 is 53.5 Å². The quantitative estimate of drug-likeness (QED) is 0.706. The largest absolute Gasteiger partial charge is 0.399 e. The summed E-state index contributed by atoms with van der Waals surface area (Å²) >= 11 is 6.40. The highest BCUT2D eigenvalue weighted by atomic mass is 79.9. The molecule has 0 aromatic heterocycles. The van der Waals surface area contributed by atoms with Gasteiger partial charge in [0, 0.05) is 27.7 Å². The average Bonchev–Trinajstić information content (AvgIpc) is 2.26. The average molecular weight is 413 g/mol. The lowest BCUT2D eigenvalue weighted by atomic mass is 10.3. The number of hydrogen-bond acceptors (Lipinski definition) is 4. The third kappa shape index (κ3) is 2.93. The van der Waals surface area contributed by atoms with Crippen LogP contribution >= 0.6 is 31.9 Å². The van der Waals surface area contributed by atoms with E-state index in [9.17, 15) is 13.2 Å². The van der Waals surface area contributed by atoms with Crippen LogP contribution in [0.1, 0.15) is 0 Å². The van der Waals surface area contributed by atoms with Gasteiger partial charge >= 0.3 is 0 Å². The van der Waals surface area contributed by atoms with Crippen LogP contribution in [0, 0.1) is 0 Å². The summed E-state index contributed by atoms with van der Waals surface area (Å²) in [5.41, 5.74) is 6.08. The molecule has 1 aromatic rings. The van der Waals surface area contributed by atoms with E-state index in [0.29, 0.717) is 21.2 Å². The van der Waals surface area contributed by atoms with Gasteiger partial charge in [0.15, 0.2) is 0 Å². The summed E-state index contributed by atoms with van der Waals surface area (Å²) in [5.74, 6) is -0.308. The van der Waals surface area contributed by atoms with Crippen LogP contribution in [0.25, 0.3) is 0 Å². The van der Waals surface area contributed by atoms with Crippen LogP contribution < -0.4 is 11.1 Å². The molecule has 0 aliphatic carbocycles. The van der Waals surface area contributed by atoms with E-state index in [1.165, 1.54) is 12.1 Å². The van der Waals surface area contributed by atoms with Gasteiger partial charge in [0.1, 0.15) is 4.90 Å². The molecule has 2 rings (SSSR count). The lowest BCUT2D eigenvalue weighted by molar-refractivity contribution is -0.122. The van der Waals surface area contributed by atoms with Crippen molar-refractivity contribution in [3.63, 3.8) is 0 Å². The summed E-state index contributed by atoms with van der Waals surface area (Å²) in [4.78, 5) is 11.4. The summed E-state index contributed by atoms with van der Waals surface area (Å²) in [6, 6.07) is 3.03. The number of nitrogens with two attached hydrogens (primary N) is 1. The van der Waals surface area contributed by atoms with Gasteiger partial charge in [-0.25, -0.2) is 8.42 Å². The third-order valence-electron chi connectivity index (χ3n) is 2.62. The molecule has 6 nitrogen and oxygen atoms in total. The van der Waals surface area contributed by atoms with Crippen molar-refractivity contribution in [3.05, 3.63) is 21.1 Å². The number of anilines is 1. The molecule has 1 aliphatic rings. The van der Waals surface area contributed by atoms with E-state index in [1.807, 2.05) is 0 Å². The normalized spacial score (nSPS) is 17.3. The molecule has 0 saturated carbocycles. The lowest BCUT2D eigenvalue weighted by Gasteiger charge is -2.26. The number of carbonyl (C=O) groups excluding carboxylic acids is 1. The molecule has 1 saturated heterocycles. The molecule has 1 aliphatic heterocycles. The number of benzene rings is 1. The summed E-state index contributed by atoms with van der Waals surface area (Å²) in [6.07, 6.45) is 0. The van der Waals surface area contributed by atoms with Crippen molar-refractivity contribution in [2.45, 2.75) is 4.90 Å². The van der Waals surface area contributed by atoms with Crippen molar-refractivity contribution in [2.75, 3.05) is 25.4 Å². The molecule has 1 heterocycles.